The number of benzene rings is 3. The number of hydrogen-bond donors (Lipinski definition) is 0. The maximum Gasteiger partial charge on any atom is 0.0462 e. The van der Waals surface area contributed by atoms with Gasteiger partial charge in [0.2, 0.25) is 0 Å². The lowest BCUT2D eigenvalue weighted by Gasteiger charge is -2.25. The zero-order chi connectivity index (χ0) is 22.0. The molecule has 0 aliphatic carbocycles. The summed E-state index contributed by atoms with van der Waals surface area (Å²) in [6.45, 7) is 2.28. The molecule has 0 radical (unpaired) electrons. The average Bonchev–Trinajstić information content (AvgIpc) is 3.32. The van der Waals surface area contributed by atoms with Gasteiger partial charge in [0.25, 0.3) is 0 Å². The number of hydrogen-bond acceptors (Lipinski definition) is 2. The van der Waals surface area contributed by atoms with Gasteiger partial charge in [0.05, 0.1) is 0 Å². The molecular weight excluding hydrogens is 406 g/mol. The fourth-order valence-electron chi connectivity index (χ4n) is 4.24. The van der Waals surface area contributed by atoms with E-state index in [-0.39, 0.29) is 0 Å². The van der Waals surface area contributed by atoms with Crippen LogP contribution in [-0.4, -0.2) is 0 Å². The molecule has 0 unspecified atom stereocenters. The maximum atomic E-state index is 2.32. The van der Waals surface area contributed by atoms with Gasteiger partial charge in [-0.3, -0.25) is 0 Å². The van der Waals surface area contributed by atoms with Crippen LogP contribution in [-0.2, 0) is 6.42 Å². The van der Waals surface area contributed by atoms with Crippen molar-refractivity contribution in [1.29, 1.82) is 0 Å². The molecule has 0 aliphatic heterocycles. The molecule has 0 amide bonds. The van der Waals surface area contributed by atoms with Gasteiger partial charge in [0.1, 0.15) is 0 Å². The molecule has 0 atom stereocenters. The van der Waals surface area contributed by atoms with Crippen molar-refractivity contribution >= 4 is 28.4 Å². The number of rotatable bonds is 11. The molecule has 0 N–H and O–H groups in total. The molecule has 3 aromatic carbocycles. The molecule has 0 saturated heterocycles. The van der Waals surface area contributed by atoms with Crippen LogP contribution in [0.2, 0.25) is 0 Å². The predicted molar refractivity (Wildman–Crippen MR) is 142 cm³/mol. The van der Waals surface area contributed by atoms with Crippen LogP contribution < -0.4 is 4.90 Å². The van der Waals surface area contributed by atoms with Gasteiger partial charge in [-0.25, -0.2) is 0 Å². The van der Waals surface area contributed by atoms with E-state index in [1.54, 1.807) is 0 Å². The topological polar surface area (TPSA) is 3.24 Å². The van der Waals surface area contributed by atoms with Crippen LogP contribution in [0.15, 0.2) is 96.4 Å². The Kier molecular flexibility index (Phi) is 8.17. The molecule has 164 valence electrons. The number of nitrogens with zero attached hydrogens (tertiary/aromatic N) is 1. The normalized spacial score (nSPS) is 10.9. The fourth-order valence-corrected chi connectivity index (χ4v) is 5.21. The van der Waals surface area contributed by atoms with Crippen LogP contribution in [0.5, 0.6) is 0 Å². The highest BCUT2D eigenvalue weighted by atomic mass is 32.1. The molecule has 0 spiro atoms. The summed E-state index contributed by atoms with van der Waals surface area (Å²) in [5, 5.41) is 2.25. The Hall–Kier alpha value is -2.84. The molecule has 32 heavy (non-hydrogen) atoms. The van der Waals surface area contributed by atoms with Crippen LogP contribution in [0, 0.1) is 0 Å². The van der Waals surface area contributed by atoms with E-state index in [1.165, 1.54) is 78.0 Å². The standard InChI is InChI=1S/C30H33NS/c1-2-3-4-5-6-9-14-25-23-24-32-30(25)26-19-21-29(22-20-26)31(27-15-10-7-11-16-27)28-17-12-8-13-18-28/h7-8,10-13,15-24H,2-6,9,14H2,1H3. The van der Waals surface area contributed by atoms with E-state index in [2.05, 4.69) is 108 Å². The monoisotopic (exact) mass is 439 g/mol. The van der Waals surface area contributed by atoms with Gasteiger partial charge in [0, 0.05) is 21.9 Å². The second-order valence-corrected chi connectivity index (χ2v) is 9.26. The number of para-hydroxylation sites is 2. The largest absolute Gasteiger partial charge is 0.311 e. The number of unbranched alkanes of at least 4 members (excludes halogenated alkanes) is 5. The molecule has 1 heterocycles. The Balaban J connectivity index is 1.51. The summed E-state index contributed by atoms with van der Waals surface area (Å²) in [4.78, 5) is 3.74. The molecular formula is C30H33NS. The molecule has 4 rings (SSSR count). The van der Waals surface area contributed by atoms with Crippen molar-refractivity contribution in [2.24, 2.45) is 0 Å². The highest BCUT2D eigenvalue weighted by Gasteiger charge is 2.13. The smallest absolute Gasteiger partial charge is 0.0462 e. The van der Waals surface area contributed by atoms with E-state index in [0.29, 0.717) is 0 Å². The molecule has 1 aromatic heterocycles. The Morgan fingerprint density at radius 3 is 1.78 bits per heavy atom. The average molecular weight is 440 g/mol. The van der Waals surface area contributed by atoms with E-state index in [0.717, 1.165) is 0 Å². The quantitative estimate of drug-likeness (QED) is 0.210. The molecule has 2 heteroatoms. The van der Waals surface area contributed by atoms with Crippen LogP contribution in [0.25, 0.3) is 10.4 Å². The summed E-state index contributed by atoms with van der Waals surface area (Å²) in [5.41, 5.74) is 6.35. The lowest BCUT2D eigenvalue weighted by atomic mass is 10.0. The summed E-state index contributed by atoms with van der Waals surface area (Å²) in [5.74, 6) is 0. The van der Waals surface area contributed by atoms with Crippen molar-refractivity contribution in [1.82, 2.24) is 0 Å². The van der Waals surface area contributed by atoms with Gasteiger partial charge < -0.3 is 4.90 Å². The SMILES string of the molecule is CCCCCCCCc1ccsc1-c1ccc(N(c2ccccc2)c2ccccc2)cc1. The van der Waals surface area contributed by atoms with Gasteiger partial charge in [-0.2, -0.15) is 0 Å². The molecule has 0 fully saturated rings. The predicted octanol–water partition coefficient (Wildman–Crippen LogP) is 9.79. The van der Waals surface area contributed by atoms with E-state index in [1.807, 2.05) is 11.3 Å². The first kappa shape index (κ1) is 22.4. The summed E-state index contributed by atoms with van der Waals surface area (Å²) < 4.78 is 0. The van der Waals surface area contributed by atoms with Gasteiger partial charge in [-0.05, 0) is 71.8 Å². The number of aryl methyl sites for hydroxylation is 1. The van der Waals surface area contributed by atoms with E-state index in [9.17, 15) is 0 Å². The Bertz CT molecular complexity index is 1010. The van der Waals surface area contributed by atoms with Crippen molar-refractivity contribution in [3.63, 3.8) is 0 Å². The second-order valence-electron chi connectivity index (χ2n) is 8.35. The van der Waals surface area contributed by atoms with Crippen molar-refractivity contribution in [2.45, 2.75) is 51.9 Å². The van der Waals surface area contributed by atoms with Crippen LogP contribution >= 0.6 is 11.3 Å². The summed E-state index contributed by atoms with van der Waals surface area (Å²) in [6, 6.07) is 32.6. The third kappa shape index (κ3) is 5.69. The third-order valence-corrected chi connectivity index (χ3v) is 6.97. The summed E-state index contributed by atoms with van der Waals surface area (Å²) >= 11 is 1.87. The molecule has 0 aliphatic rings. The van der Waals surface area contributed by atoms with Crippen LogP contribution in [0.1, 0.15) is 51.0 Å². The molecule has 4 aromatic rings. The Labute approximate surface area is 197 Å². The van der Waals surface area contributed by atoms with E-state index < -0.39 is 0 Å². The summed E-state index contributed by atoms with van der Waals surface area (Å²) in [6.07, 6.45) is 9.27. The van der Waals surface area contributed by atoms with Crippen molar-refractivity contribution in [2.75, 3.05) is 4.90 Å². The summed E-state index contributed by atoms with van der Waals surface area (Å²) in [7, 11) is 0. The van der Waals surface area contributed by atoms with Crippen molar-refractivity contribution in [3.05, 3.63) is 102 Å². The number of thiophene rings is 1. The molecule has 0 saturated carbocycles. The highest BCUT2D eigenvalue weighted by molar-refractivity contribution is 7.13. The Morgan fingerprint density at radius 1 is 0.594 bits per heavy atom. The maximum absolute atomic E-state index is 2.32. The second kappa shape index (κ2) is 11.7. The van der Waals surface area contributed by atoms with Crippen LogP contribution in [0.4, 0.5) is 17.1 Å². The van der Waals surface area contributed by atoms with Gasteiger partial charge >= 0.3 is 0 Å². The Morgan fingerprint density at radius 2 is 1.16 bits per heavy atom. The lowest BCUT2D eigenvalue weighted by molar-refractivity contribution is 0.608. The zero-order valence-corrected chi connectivity index (χ0v) is 19.9. The van der Waals surface area contributed by atoms with E-state index in [4.69, 9.17) is 0 Å². The number of anilines is 3. The van der Waals surface area contributed by atoms with Crippen molar-refractivity contribution in [3.8, 4) is 10.4 Å². The minimum Gasteiger partial charge on any atom is -0.311 e. The third-order valence-electron chi connectivity index (χ3n) is 5.96. The van der Waals surface area contributed by atoms with Gasteiger partial charge in [-0.1, -0.05) is 87.6 Å². The van der Waals surface area contributed by atoms with Crippen LogP contribution in [0.3, 0.4) is 0 Å². The highest BCUT2D eigenvalue weighted by Crippen LogP contribution is 2.37. The first-order valence-electron chi connectivity index (χ1n) is 11.9. The molecule has 1 nitrogen and oxygen atoms in total. The minimum absolute atomic E-state index is 1.17. The van der Waals surface area contributed by atoms with Gasteiger partial charge in [-0.15, -0.1) is 11.3 Å². The first-order chi connectivity index (χ1) is 15.9. The minimum atomic E-state index is 1.17. The van der Waals surface area contributed by atoms with Gasteiger partial charge in [0.15, 0.2) is 0 Å². The van der Waals surface area contributed by atoms with Crippen molar-refractivity contribution < 1.29 is 0 Å². The first-order valence-corrected chi connectivity index (χ1v) is 12.8. The lowest BCUT2D eigenvalue weighted by Crippen LogP contribution is -2.09. The fraction of sp³-hybridized carbons (Fsp3) is 0.267. The zero-order valence-electron chi connectivity index (χ0n) is 19.0. The van der Waals surface area contributed by atoms with E-state index >= 15 is 0 Å². The molecule has 0 bridgehead atoms.